The largest absolute Gasteiger partial charge is 0.481 e. The average molecular weight is 1600 g/mol. The number of nitrogens with zero attached hydrogens (tertiary/aromatic N) is 1. The lowest BCUT2D eigenvalue weighted by Crippen LogP contribution is -2.35. The first-order valence-electron chi connectivity index (χ1n) is 51.3. The van der Waals surface area contributed by atoms with Gasteiger partial charge in [0.25, 0.3) is 0 Å². The monoisotopic (exact) mass is 1600 g/mol. The Labute approximate surface area is 703 Å². The van der Waals surface area contributed by atoms with E-state index in [9.17, 15) is 24.0 Å². The summed E-state index contributed by atoms with van der Waals surface area (Å²) in [6, 6.07) is -0.308. The maximum atomic E-state index is 12.7. The maximum Gasteiger partial charge on any atom is 0.303 e. The fourth-order valence-corrected chi connectivity index (χ4v) is 18.0. The highest BCUT2D eigenvalue weighted by Crippen LogP contribution is 2.28. The molecule has 0 rings (SSSR count). The summed E-state index contributed by atoms with van der Waals surface area (Å²) in [6.45, 7) is 5.64. The van der Waals surface area contributed by atoms with Gasteiger partial charge in [0.05, 0.1) is 6.04 Å². The van der Waals surface area contributed by atoms with Crippen molar-refractivity contribution in [3.63, 3.8) is 0 Å². The Hall–Kier alpha value is -2.53. The zero-order chi connectivity index (χ0) is 82.0. The van der Waals surface area contributed by atoms with Crippen LogP contribution in [0, 0.1) is 11.8 Å². The Morgan fingerprint density at radius 1 is 0.204 bits per heavy atom. The number of carbonyl (C=O) groups excluding carboxylic acids is 1. The SMILES string of the molecule is CCC(=O)C(N)CCCCN(CC(CCCCCCCCCCCCCCCCCCCCCCC(=O)O)CCCCCCCCCCCCCCCCCCCCCC(=O)O)CC(CCCCCCCCCCCCCCCCCCCCCCC(=O)O)CCCCCCCCCCCCCCCCCCCCCC(=O)O. The van der Waals surface area contributed by atoms with Crippen LogP contribution in [0.5, 0.6) is 0 Å². The van der Waals surface area contributed by atoms with E-state index in [1.54, 1.807) is 0 Å². The van der Waals surface area contributed by atoms with E-state index in [1.165, 1.54) is 488 Å². The van der Waals surface area contributed by atoms with Crippen molar-refractivity contribution >= 4 is 29.7 Å². The van der Waals surface area contributed by atoms with E-state index >= 15 is 0 Å². The molecule has 11 heteroatoms. The number of nitrogens with two attached hydrogens (primary N) is 1. The molecule has 0 heterocycles. The predicted molar refractivity (Wildman–Crippen MR) is 488 cm³/mol. The van der Waals surface area contributed by atoms with E-state index in [0.29, 0.717) is 32.1 Å². The molecule has 670 valence electrons. The quantitative estimate of drug-likeness (QED) is 0.0364. The van der Waals surface area contributed by atoms with E-state index < -0.39 is 23.9 Å². The van der Waals surface area contributed by atoms with Crippen molar-refractivity contribution in [3.05, 3.63) is 0 Å². The molecule has 0 saturated heterocycles. The molecule has 0 aliphatic heterocycles. The van der Waals surface area contributed by atoms with Crippen LogP contribution in [0.2, 0.25) is 0 Å². The number of carboxylic acids is 4. The summed E-state index contributed by atoms with van der Waals surface area (Å²) in [5.41, 5.74) is 6.48. The number of unbranched alkanes of at least 4 members (excludes halogenated alkanes) is 75. The van der Waals surface area contributed by atoms with E-state index in [1.807, 2.05) is 6.92 Å². The lowest BCUT2D eigenvalue weighted by molar-refractivity contribution is -0.138. The molecule has 0 bridgehead atoms. The smallest absolute Gasteiger partial charge is 0.303 e. The summed E-state index contributed by atoms with van der Waals surface area (Å²) in [4.78, 5) is 58.6. The Morgan fingerprint density at radius 2 is 0.336 bits per heavy atom. The molecule has 6 N–H and O–H groups in total. The molecule has 0 aliphatic carbocycles. The van der Waals surface area contributed by atoms with Gasteiger partial charge in [0.1, 0.15) is 5.78 Å². The molecule has 0 spiro atoms. The van der Waals surface area contributed by atoms with Crippen molar-refractivity contribution in [2.45, 2.75) is 591 Å². The molecule has 113 heavy (non-hydrogen) atoms. The van der Waals surface area contributed by atoms with Gasteiger partial charge < -0.3 is 31.1 Å². The molecule has 0 saturated carbocycles. The number of aliphatic carboxylic acids is 4. The Balaban J connectivity index is 5.59. The van der Waals surface area contributed by atoms with Gasteiger partial charge in [-0.3, -0.25) is 24.0 Å². The van der Waals surface area contributed by atoms with Crippen LogP contribution >= 0.6 is 0 Å². The number of carbonyl (C=O) groups is 5. The number of hydrogen-bond donors (Lipinski definition) is 5. The van der Waals surface area contributed by atoms with Gasteiger partial charge in [-0.2, -0.15) is 0 Å². The molecule has 0 amide bonds. The maximum absolute atomic E-state index is 12.7. The van der Waals surface area contributed by atoms with Crippen LogP contribution < -0.4 is 5.73 Å². The first-order valence-corrected chi connectivity index (χ1v) is 51.3. The number of rotatable bonds is 101. The van der Waals surface area contributed by atoms with Gasteiger partial charge in [0, 0.05) is 45.2 Å². The van der Waals surface area contributed by atoms with Gasteiger partial charge >= 0.3 is 23.9 Å². The molecule has 0 radical (unpaired) electrons. The summed E-state index contributed by atoms with van der Waals surface area (Å²) in [5.74, 6) is -0.872. The van der Waals surface area contributed by atoms with E-state index in [4.69, 9.17) is 26.2 Å². The van der Waals surface area contributed by atoms with Gasteiger partial charge in [0.2, 0.25) is 0 Å². The zero-order valence-electron chi connectivity index (χ0n) is 75.8. The number of carboxylic acid groups (broad SMARTS) is 4. The third-order valence-corrected chi connectivity index (χ3v) is 25.5. The lowest BCUT2D eigenvalue weighted by Gasteiger charge is -2.32. The second-order valence-electron chi connectivity index (χ2n) is 36.7. The number of Topliss-reactive ketones (excluding diaryl/α,β-unsaturated/α-hetero) is 1. The molecular weight excluding hydrogens is 1400 g/mol. The van der Waals surface area contributed by atoms with Gasteiger partial charge in [-0.15, -0.1) is 0 Å². The highest BCUT2D eigenvalue weighted by atomic mass is 16.4. The molecule has 0 aromatic carbocycles. The highest BCUT2D eigenvalue weighted by Gasteiger charge is 2.20. The Bertz CT molecular complexity index is 1830. The topological polar surface area (TPSA) is 196 Å². The van der Waals surface area contributed by atoms with Gasteiger partial charge in [-0.05, 0) is 82.6 Å². The van der Waals surface area contributed by atoms with Crippen LogP contribution in [0.25, 0.3) is 0 Å². The van der Waals surface area contributed by atoms with Crippen molar-refractivity contribution in [2.75, 3.05) is 19.6 Å². The normalized spacial score (nSPS) is 12.6. The van der Waals surface area contributed by atoms with Crippen molar-refractivity contribution in [3.8, 4) is 0 Å². The van der Waals surface area contributed by atoms with Crippen LogP contribution in [0.15, 0.2) is 0 Å². The molecule has 0 aromatic heterocycles. The molecular formula is C102H198N2O9. The van der Waals surface area contributed by atoms with Crippen molar-refractivity contribution in [1.82, 2.24) is 4.90 Å². The van der Waals surface area contributed by atoms with Gasteiger partial charge in [-0.1, -0.05) is 488 Å². The number of hydrogen-bond acceptors (Lipinski definition) is 7. The predicted octanol–water partition coefficient (Wildman–Crippen LogP) is 32.9. The standard InChI is InChI=1S/C102H198N2O9/c1-2-98(105)97(103)87-81-82-92-104(93-95(85-75-67-59-51-43-35-27-19-11-7-15-23-31-39-47-55-63-71-79-90-101(110)111)83-73-65-57-49-41-33-25-17-9-3-5-13-21-29-37-45-53-61-69-77-88-99(106)107)94-96(86-76-68-60-52-44-36-28-20-12-8-16-24-32-40-48-56-64-72-80-91-102(112)113)84-74-66-58-50-42-34-26-18-10-4-6-14-22-30-38-46-54-62-70-78-89-100(108)109/h95-97H,2-94,103H2,1H3,(H,106,107)(H,108,109)(H,110,111)(H,112,113). The minimum atomic E-state index is -0.659. The number of ketones is 1. The minimum absolute atomic E-state index is 0.221. The lowest BCUT2D eigenvalue weighted by atomic mass is 9.91. The summed E-state index contributed by atoms with van der Waals surface area (Å²) in [6.07, 6.45) is 114. The fraction of sp³-hybridized carbons (Fsp3) is 0.951. The fourth-order valence-electron chi connectivity index (χ4n) is 18.0. The zero-order valence-corrected chi connectivity index (χ0v) is 75.8. The van der Waals surface area contributed by atoms with Crippen molar-refractivity contribution in [1.29, 1.82) is 0 Å². The van der Waals surface area contributed by atoms with Crippen LogP contribution in [0.4, 0.5) is 0 Å². The third kappa shape index (κ3) is 93.2. The molecule has 3 atom stereocenters. The highest BCUT2D eigenvalue weighted by molar-refractivity contribution is 5.83. The second-order valence-corrected chi connectivity index (χ2v) is 36.7. The molecule has 0 fully saturated rings. The van der Waals surface area contributed by atoms with E-state index in [-0.39, 0.29) is 11.8 Å². The summed E-state index contributed by atoms with van der Waals surface area (Å²) >= 11 is 0. The van der Waals surface area contributed by atoms with Crippen molar-refractivity contribution in [2.24, 2.45) is 17.6 Å². The van der Waals surface area contributed by atoms with Crippen LogP contribution in [-0.2, 0) is 24.0 Å². The van der Waals surface area contributed by atoms with Crippen LogP contribution in [0.3, 0.4) is 0 Å². The van der Waals surface area contributed by atoms with Crippen molar-refractivity contribution < 1.29 is 44.4 Å². The van der Waals surface area contributed by atoms with E-state index in [2.05, 4.69) is 4.90 Å². The average Bonchev–Trinajstić information content (AvgIpc) is 0.913. The molecule has 11 nitrogen and oxygen atoms in total. The summed E-state index contributed by atoms with van der Waals surface area (Å²) < 4.78 is 0. The van der Waals surface area contributed by atoms with Crippen LogP contribution in [-0.4, -0.2) is 80.7 Å². The molecule has 3 unspecified atom stereocenters. The van der Waals surface area contributed by atoms with Gasteiger partial charge in [-0.25, -0.2) is 0 Å². The third-order valence-electron chi connectivity index (χ3n) is 25.5. The minimum Gasteiger partial charge on any atom is -0.481 e. The van der Waals surface area contributed by atoms with Crippen LogP contribution in [0.1, 0.15) is 585 Å². The molecule has 0 aromatic rings. The van der Waals surface area contributed by atoms with Gasteiger partial charge in [0.15, 0.2) is 0 Å². The van der Waals surface area contributed by atoms with E-state index in [0.717, 1.165) is 89.0 Å². The first-order chi connectivity index (χ1) is 55.4. The second kappa shape index (κ2) is 93.3. The first kappa shape index (κ1) is 110. The summed E-state index contributed by atoms with van der Waals surface area (Å²) in [7, 11) is 0. The Morgan fingerprint density at radius 3 is 0.478 bits per heavy atom. The molecule has 0 aliphatic rings. The summed E-state index contributed by atoms with van der Waals surface area (Å²) in [5, 5.41) is 35.4. The Kier molecular flexibility index (Phi) is 91.2.